The van der Waals surface area contributed by atoms with Crippen molar-refractivity contribution in [2.75, 3.05) is 5.32 Å². The first-order valence-corrected chi connectivity index (χ1v) is 5.72. The fourth-order valence-corrected chi connectivity index (χ4v) is 1.67. The van der Waals surface area contributed by atoms with Gasteiger partial charge in [-0.25, -0.2) is 13.6 Å². The van der Waals surface area contributed by atoms with E-state index in [9.17, 15) is 23.5 Å². The Bertz CT molecular complexity index is 711. The summed E-state index contributed by atoms with van der Waals surface area (Å²) in [5.41, 5.74) is -1.14. The number of nitrogens with one attached hydrogen (secondary N) is 1. The summed E-state index contributed by atoms with van der Waals surface area (Å²) < 4.78 is 26.9. The number of rotatable bonds is 3. The van der Waals surface area contributed by atoms with Gasteiger partial charge in [-0.1, -0.05) is 6.07 Å². The van der Waals surface area contributed by atoms with Crippen LogP contribution in [0.5, 0.6) is 5.75 Å². The zero-order valence-electron chi connectivity index (χ0n) is 10.4. The van der Waals surface area contributed by atoms with E-state index in [0.29, 0.717) is 0 Å². The zero-order valence-corrected chi connectivity index (χ0v) is 10.4. The number of phenols is 1. The van der Waals surface area contributed by atoms with Gasteiger partial charge in [-0.2, -0.15) is 0 Å². The summed E-state index contributed by atoms with van der Waals surface area (Å²) in [5.74, 6) is -4.98. The van der Waals surface area contributed by atoms with Gasteiger partial charge in [0.1, 0.15) is 22.9 Å². The number of carbonyl (C=O) groups excluding carboxylic acids is 1. The summed E-state index contributed by atoms with van der Waals surface area (Å²) in [6.07, 6.45) is 0. The highest BCUT2D eigenvalue weighted by atomic mass is 19.1. The highest BCUT2D eigenvalue weighted by molar-refractivity contribution is 6.05. The van der Waals surface area contributed by atoms with Crippen LogP contribution in [0.25, 0.3) is 0 Å². The van der Waals surface area contributed by atoms with Crippen molar-refractivity contribution in [3.05, 3.63) is 59.2 Å². The standard InChI is InChI=1S/C14H9F2NO4/c15-8-2-1-3-9(16)12(8)13(19)17-10-5-4-7(14(20)21)6-11(10)18/h1-6,18H,(H,17,19)(H,20,21). The number of hydrogen-bond donors (Lipinski definition) is 3. The molecule has 5 nitrogen and oxygen atoms in total. The first-order valence-electron chi connectivity index (χ1n) is 5.72. The predicted octanol–water partition coefficient (Wildman–Crippen LogP) is 2.62. The van der Waals surface area contributed by atoms with Crippen molar-refractivity contribution >= 4 is 17.6 Å². The second-order valence-electron chi connectivity index (χ2n) is 4.09. The molecule has 21 heavy (non-hydrogen) atoms. The molecule has 0 aliphatic carbocycles. The van der Waals surface area contributed by atoms with Crippen LogP contribution in [0.3, 0.4) is 0 Å². The van der Waals surface area contributed by atoms with E-state index in [1.807, 2.05) is 0 Å². The first kappa shape index (κ1) is 14.4. The van der Waals surface area contributed by atoms with Gasteiger partial charge in [-0.3, -0.25) is 4.79 Å². The van der Waals surface area contributed by atoms with Crippen LogP contribution in [-0.2, 0) is 0 Å². The first-order chi connectivity index (χ1) is 9.90. The molecule has 0 spiro atoms. The summed E-state index contributed by atoms with van der Waals surface area (Å²) in [4.78, 5) is 22.5. The lowest BCUT2D eigenvalue weighted by Crippen LogP contribution is -2.16. The molecule has 0 unspecified atom stereocenters. The van der Waals surface area contributed by atoms with Crippen molar-refractivity contribution in [2.45, 2.75) is 0 Å². The molecule has 3 N–H and O–H groups in total. The molecule has 2 aromatic carbocycles. The van der Waals surface area contributed by atoms with Gasteiger partial charge in [0.2, 0.25) is 0 Å². The normalized spacial score (nSPS) is 10.2. The third-order valence-corrected chi connectivity index (χ3v) is 2.68. The van der Waals surface area contributed by atoms with Crippen molar-refractivity contribution in [3.63, 3.8) is 0 Å². The smallest absolute Gasteiger partial charge is 0.335 e. The van der Waals surface area contributed by atoms with Crippen LogP contribution in [0.2, 0.25) is 0 Å². The van der Waals surface area contributed by atoms with Crippen LogP contribution >= 0.6 is 0 Å². The number of aromatic hydroxyl groups is 1. The van der Waals surface area contributed by atoms with Crippen molar-refractivity contribution < 1.29 is 28.6 Å². The number of hydrogen-bond acceptors (Lipinski definition) is 3. The molecule has 0 atom stereocenters. The monoisotopic (exact) mass is 293 g/mol. The van der Waals surface area contributed by atoms with Gasteiger partial charge >= 0.3 is 5.97 Å². The molecular weight excluding hydrogens is 284 g/mol. The Morgan fingerprint density at radius 2 is 1.67 bits per heavy atom. The van der Waals surface area contributed by atoms with E-state index in [4.69, 9.17) is 5.11 Å². The van der Waals surface area contributed by atoms with E-state index in [1.54, 1.807) is 0 Å². The highest BCUT2D eigenvalue weighted by Crippen LogP contribution is 2.25. The number of carbonyl (C=O) groups is 2. The molecular formula is C14H9F2NO4. The van der Waals surface area contributed by atoms with Crippen LogP contribution in [0.1, 0.15) is 20.7 Å². The number of aromatic carboxylic acids is 1. The van der Waals surface area contributed by atoms with Gasteiger partial charge in [0.05, 0.1) is 11.3 Å². The lowest BCUT2D eigenvalue weighted by molar-refractivity contribution is 0.0696. The lowest BCUT2D eigenvalue weighted by Gasteiger charge is -2.09. The summed E-state index contributed by atoms with van der Waals surface area (Å²) in [7, 11) is 0. The maximum absolute atomic E-state index is 13.4. The van der Waals surface area contributed by atoms with Gasteiger partial charge < -0.3 is 15.5 Å². The number of carboxylic acids is 1. The summed E-state index contributed by atoms with van der Waals surface area (Å²) in [5, 5.41) is 20.5. The SMILES string of the molecule is O=C(O)c1ccc(NC(=O)c2c(F)cccc2F)c(O)c1. The number of benzene rings is 2. The fourth-order valence-electron chi connectivity index (χ4n) is 1.67. The molecule has 0 saturated heterocycles. The van der Waals surface area contributed by atoms with Crippen LogP contribution in [0.4, 0.5) is 14.5 Å². The highest BCUT2D eigenvalue weighted by Gasteiger charge is 2.18. The second kappa shape index (κ2) is 5.58. The largest absolute Gasteiger partial charge is 0.506 e. The quantitative estimate of drug-likeness (QED) is 0.759. The van der Waals surface area contributed by atoms with E-state index >= 15 is 0 Å². The predicted molar refractivity (Wildman–Crippen MR) is 69.4 cm³/mol. The number of halogens is 2. The van der Waals surface area contributed by atoms with Gasteiger partial charge in [-0.05, 0) is 30.3 Å². The Kier molecular flexibility index (Phi) is 3.84. The van der Waals surface area contributed by atoms with Crippen molar-refractivity contribution in [2.24, 2.45) is 0 Å². The molecule has 0 saturated carbocycles. The maximum atomic E-state index is 13.4. The van der Waals surface area contributed by atoms with Crippen molar-refractivity contribution in [1.29, 1.82) is 0 Å². The Morgan fingerprint density at radius 1 is 1.05 bits per heavy atom. The topological polar surface area (TPSA) is 86.6 Å². The maximum Gasteiger partial charge on any atom is 0.335 e. The molecule has 7 heteroatoms. The molecule has 0 aromatic heterocycles. The lowest BCUT2D eigenvalue weighted by atomic mass is 10.1. The van der Waals surface area contributed by atoms with E-state index in [2.05, 4.69) is 5.32 Å². The molecule has 0 aliphatic heterocycles. The average Bonchev–Trinajstić information content (AvgIpc) is 2.40. The van der Waals surface area contributed by atoms with Gasteiger partial charge in [0.15, 0.2) is 0 Å². The molecule has 0 heterocycles. The van der Waals surface area contributed by atoms with E-state index < -0.39 is 34.8 Å². The number of carboxylic acid groups (broad SMARTS) is 1. The number of anilines is 1. The third kappa shape index (κ3) is 2.97. The average molecular weight is 293 g/mol. The molecule has 0 bridgehead atoms. The summed E-state index contributed by atoms with van der Waals surface area (Å²) in [6.45, 7) is 0. The summed E-state index contributed by atoms with van der Waals surface area (Å²) >= 11 is 0. The molecule has 2 aromatic rings. The molecule has 108 valence electrons. The van der Waals surface area contributed by atoms with Crippen LogP contribution in [0, 0.1) is 11.6 Å². The van der Waals surface area contributed by atoms with E-state index in [0.717, 1.165) is 36.4 Å². The van der Waals surface area contributed by atoms with Crippen molar-refractivity contribution in [1.82, 2.24) is 0 Å². The van der Waals surface area contributed by atoms with Crippen LogP contribution in [-0.4, -0.2) is 22.1 Å². The minimum atomic E-state index is -1.26. The van der Waals surface area contributed by atoms with Crippen LogP contribution in [0.15, 0.2) is 36.4 Å². The van der Waals surface area contributed by atoms with Crippen LogP contribution < -0.4 is 5.32 Å². The van der Waals surface area contributed by atoms with E-state index in [-0.39, 0.29) is 11.3 Å². The molecule has 2 rings (SSSR count). The van der Waals surface area contributed by atoms with Gasteiger partial charge in [0.25, 0.3) is 5.91 Å². The Hall–Kier alpha value is -2.96. The van der Waals surface area contributed by atoms with Gasteiger partial charge in [-0.15, -0.1) is 0 Å². The Balaban J connectivity index is 2.30. The third-order valence-electron chi connectivity index (χ3n) is 2.68. The zero-order chi connectivity index (χ0) is 15.6. The minimum Gasteiger partial charge on any atom is -0.506 e. The Morgan fingerprint density at radius 3 is 2.19 bits per heavy atom. The molecule has 0 aliphatic rings. The minimum absolute atomic E-state index is 0.160. The fraction of sp³-hybridized carbons (Fsp3) is 0. The molecule has 0 radical (unpaired) electrons. The number of phenolic OH excluding ortho intramolecular Hbond substituents is 1. The van der Waals surface area contributed by atoms with Gasteiger partial charge in [0, 0.05) is 0 Å². The Labute approximate surface area is 117 Å². The molecule has 1 amide bonds. The van der Waals surface area contributed by atoms with Crippen molar-refractivity contribution in [3.8, 4) is 5.75 Å². The summed E-state index contributed by atoms with van der Waals surface area (Å²) in [6, 6.07) is 6.12. The number of amides is 1. The second-order valence-corrected chi connectivity index (χ2v) is 4.09. The van der Waals surface area contributed by atoms with E-state index in [1.165, 1.54) is 0 Å². The molecule has 0 fully saturated rings.